The van der Waals surface area contributed by atoms with Crippen molar-refractivity contribution in [2.45, 2.75) is 31.1 Å². The lowest BCUT2D eigenvalue weighted by atomic mass is 10.1. The summed E-state index contributed by atoms with van der Waals surface area (Å²) >= 11 is 1.27. The van der Waals surface area contributed by atoms with Gasteiger partial charge in [-0.05, 0) is 41.0 Å². The van der Waals surface area contributed by atoms with Crippen LogP contribution >= 0.6 is 11.8 Å². The van der Waals surface area contributed by atoms with Gasteiger partial charge in [-0.1, -0.05) is 30.0 Å². The molecule has 1 aromatic heterocycles. The first kappa shape index (κ1) is 19.1. The van der Waals surface area contributed by atoms with E-state index in [-0.39, 0.29) is 17.6 Å². The third-order valence-corrected chi connectivity index (χ3v) is 5.17. The zero-order valence-corrected chi connectivity index (χ0v) is 15.8. The summed E-state index contributed by atoms with van der Waals surface area (Å²) in [6.07, 6.45) is 3.85. The first-order valence-corrected chi connectivity index (χ1v) is 9.80. The van der Waals surface area contributed by atoms with Gasteiger partial charge >= 0.3 is 0 Å². The summed E-state index contributed by atoms with van der Waals surface area (Å²) in [7, 11) is 0. The van der Waals surface area contributed by atoms with Gasteiger partial charge < -0.3 is 10.2 Å². The second kappa shape index (κ2) is 9.31. The fourth-order valence-corrected chi connectivity index (χ4v) is 3.50. The molecule has 3 rings (SSSR count). The molecule has 0 atom stereocenters. The highest BCUT2D eigenvalue weighted by Crippen LogP contribution is 2.14. The Hall–Kier alpha value is -2.68. The predicted octanol–water partition coefficient (Wildman–Crippen LogP) is 1.50. The number of thioether (sulfide) groups is 1. The van der Waals surface area contributed by atoms with E-state index in [1.807, 2.05) is 29.2 Å². The molecule has 9 heteroatoms. The number of rotatable bonds is 8. The second-order valence-corrected chi connectivity index (χ2v) is 7.14. The van der Waals surface area contributed by atoms with Gasteiger partial charge in [0.2, 0.25) is 11.1 Å². The van der Waals surface area contributed by atoms with Crippen molar-refractivity contribution in [3.05, 3.63) is 48.0 Å². The van der Waals surface area contributed by atoms with Crippen LogP contribution in [0.2, 0.25) is 0 Å². The molecule has 1 aliphatic rings. The molecule has 1 fully saturated rings. The van der Waals surface area contributed by atoms with E-state index in [1.54, 1.807) is 10.8 Å². The molecule has 2 aromatic rings. The number of nitrogens with zero attached hydrogens (tertiary/aromatic N) is 5. The van der Waals surface area contributed by atoms with E-state index in [0.29, 0.717) is 23.8 Å². The Morgan fingerprint density at radius 2 is 1.96 bits per heavy atom. The highest BCUT2D eigenvalue weighted by molar-refractivity contribution is 7.99. The number of carbonyl (C=O) groups is 2. The number of allylic oxidation sites excluding steroid dienone is 1. The van der Waals surface area contributed by atoms with E-state index in [0.717, 1.165) is 31.5 Å². The number of hydrogen-bond acceptors (Lipinski definition) is 6. The normalized spacial score (nSPS) is 13.6. The van der Waals surface area contributed by atoms with Gasteiger partial charge in [-0.15, -0.1) is 11.7 Å². The van der Waals surface area contributed by atoms with Gasteiger partial charge in [0.05, 0.1) is 12.3 Å². The molecule has 2 amide bonds. The first-order valence-electron chi connectivity index (χ1n) is 8.82. The van der Waals surface area contributed by atoms with Gasteiger partial charge in [0.25, 0.3) is 5.91 Å². The Bertz CT molecular complexity index is 798. The first-order chi connectivity index (χ1) is 13.2. The number of carbonyl (C=O) groups excluding carboxylic acids is 2. The Balaban J connectivity index is 1.45. The molecule has 0 saturated carbocycles. The standard InChI is InChI=1S/C18H22N6O2S/c1-2-9-24-18(20-21-22-24)27-13-16(25)19-12-14-5-7-15(8-6-14)17(26)23-10-3-4-11-23/h2,5-8H,1,3-4,9-13H2,(H,19,25). The van der Waals surface area contributed by atoms with Crippen LogP contribution in [-0.4, -0.2) is 55.8 Å². The van der Waals surface area contributed by atoms with E-state index in [9.17, 15) is 9.59 Å². The lowest BCUT2D eigenvalue weighted by Crippen LogP contribution is -2.27. The van der Waals surface area contributed by atoms with Gasteiger partial charge in [0.15, 0.2) is 0 Å². The average Bonchev–Trinajstić information content (AvgIpc) is 3.37. The zero-order valence-electron chi connectivity index (χ0n) is 15.0. The van der Waals surface area contributed by atoms with Crippen molar-refractivity contribution in [2.75, 3.05) is 18.8 Å². The van der Waals surface area contributed by atoms with Gasteiger partial charge in [-0.25, -0.2) is 4.68 Å². The maximum atomic E-state index is 12.3. The second-order valence-electron chi connectivity index (χ2n) is 6.19. The maximum absolute atomic E-state index is 12.3. The van der Waals surface area contributed by atoms with E-state index in [1.165, 1.54) is 11.8 Å². The van der Waals surface area contributed by atoms with Crippen molar-refractivity contribution in [1.29, 1.82) is 0 Å². The molecule has 1 aliphatic heterocycles. The summed E-state index contributed by atoms with van der Waals surface area (Å²) in [5.74, 6) is 0.199. The van der Waals surface area contributed by atoms with E-state index in [4.69, 9.17) is 0 Å². The highest BCUT2D eigenvalue weighted by Gasteiger charge is 2.19. The number of likely N-dealkylation sites (tertiary alicyclic amines) is 1. The molecular weight excluding hydrogens is 364 g/mol. The van der Waals surface area contributed by atoms with Crippen LogP contribution < -0.4 is 5.32 Å². The van der Waals surface area contributed by atoms with Gasteiger partial charge in [0, 0.05) is 25.2 Å². The van der Waals surface area contributed by atoms with Crippen LogP contribution in [0.15, 0.2) is 42.1 Å². The minimum Gasteiger partial charge on any atom is -0.351 e. The van der Waals surface area contributed by atoms with Crippen molar-refractivity contribution in [3.8, 4) is 0 Å². The zero-order chi connectivity index (χ0) is 19.1. The molecule has 0 radical (unpaired) electrons. The minimum atomic E-state index is -0.106. The number of amides is 2. The van der Waals surface area contributed by atoms with E-state index in [2.05, 4.69) is 27.4 Å². The summed E-state index contributed by atoms with van der Waals surface area (Å²) in [6.45, 7) is 6.23. The molecule has 0 aliphatic carbocycles. The summed E-state index contributed by atoms with van der Waals surface area (Å²) < 4.78 is 1.58. The quantitative estimate of drug-likeness (QED) is 0.546. The van der Waals surface area contributed by atoms with Crippen LogP contribution in [0.25, 0.3) is 0 Å². The van der Waals surface area contributed by atoms with Crippen molar-refractivity contribution in [2.24, 2.45) is 0 Å². The van der Waals surface area contributed by atoms with Crippen molar-refractivity contribution in [1.82, 2.24) is 30.4 Å². The van der Waals surface area contributed by atoms with Gasteiger partial charge in [-0.3, -0.25) is 9.59 Å². The monoisotopic (exact) mass is 386 g/mol. The average molecular weight is 386 g/mol. The molecule has 1 aromatic carbocycles. The largest absolute Gasteiger partial charge is 0.351 e. The molecule has 2 heterocycles. The molecule has 0 spiro atoms. The van der Waals surface area contributed by atoms with Crippen LogP contribution in [0, 0.1) is 0 Å². The fourth-order valence-electron chi connectivity index (χ4n) is 2.79. The van der Waals surface area contributed by atoms with Crippen LogP contribution in [0.4, 0.5) is 0 Å². The van der Waals surface area contributed by atoms with Crippen LogP contribution in [-0.2, 0) is 17.9 Å². The Morgan fingerprint density at radius 3 is 2.67 bits per heavy atom. The number of hydrogen-bond donors (Lipinski definition) is 1. The fraction of sp³-hybridized carbons (Fsp3) is 0.389. The smallest absolute Gasteiger partial charge is 0.253 e. The number of benzene rings is 1. The highest BCUT2D eigenvalue weighted by atomic mass is 32.2. The van der Waals surface area contributed by atoms with Crippen LogP contribution in [0.5, 0.6) is 0 Å². The van der Waals surface area contributed by atoms with Crippen LogP contribution in [0.3, 0.4) is 0 Å². The molecule has 8 nitrogen and oxygen atoms in total. The maximum Gasteiger partial charge on any atom is 0.253 e. The topological polar surface area (TPSA) is 93.0 Å². The Morgan fingerprint density at radius 1 is 1.22 bits per heavy atom. The Labute approximate surface area is 162 Å². The van der Waals surface area contributed by atoms with Crippen molar-refractivity contribution >= 4 is 23.6 Å². The summed E-state index contributed by atoms with van der Waals surface area (Å²) in [5.41, 5.74) is 1.64. The number of nitrogens with one attached hydrogen (secondary N) is 1. The lowest BCUT2D eigenvalue weighted by Gasteiger charge is -2.15. The van der Waals surface area contributed by atoms with Crippen molar-refractivity contribution < 1.29 is 9.59 Å². The third kappa shape index (κ3) is 5.16. The number of aromatic nitrogens is 4. The summed E-state index contributed by atoms with van der Waals surface area (Å²) in [5, 5.41) is 14.8. The van der Waals surface area contributed by atoms with Crippen molar-refractivity contribution in [3.63, 3.8) is 0 Å². The SMILES string of the molecule is C=CCn1nnnc1SCC(=O)NCc1ccc(C(=O)N2CCCC2)cc1. The molecule has 0 unspecified atom stereocenters. The van der Waals surface area contributed by atoms with Crippen LogP contribution in [0.1, 0.15) is 28.8 Å². The van der Waals surface area contributed by atoms with Gasteiger partial charge in [0.1, 0.15) is 0 Å². The molecule has 142 valence electrons. The summed E-state index contributed by atoms with van der Waals surface area (Å²) in [6, 6.07) is 7.39. The van der Waals surface area contributed by atoms with E-state index >= 15 is 0 Å². The molecule has 0 bridgehead atoms. The molecule has 27 heavy (non-hydrogen) atoms. The molecule has 1 saturated heterocycles. The molecular formula is C18H22N6O2S. The minimum absolute atomic E-state index is 0.0803. The number of tetrazole rings is 1. The van der Waals surface area contributed by atoms with Gasteiger partial charge in [-0.2, -0.15) is 0 Å². The third-order valence-electron chi connectivity index (χ3n) is 4.22. The van der Waals surface area contributed by atoms with E-state index < -0.39 is 0 Å². The Kier molecular flexibility index (Phi) is 6.59. The lowest BCUT2D eigenvalue weighted by molar-refractivity contribution is -0.118. The summed E-state index contributed by atoms with van der Waals surface area (Å²) in [4.78, 5) is 26.2. The molecule has 1 N–H and O–H groups in total. The predicted molar refractivity (Wildman–Crippen MR) is 102 cm³/mol.